The molecule has 0 bridgehead atoms. The third-order valence-corrected chi connectivity index (χ3v) is 6.62. The van der Waals surface area contributed by atoms with Gasteiger partial charge in [-0.15, -0.1) is 0 Å². The SMILES string of the molecule is O[C@@H](COc1cc(Cl)ccc1Oc1ccc(Cl)cc1Cl)C[NH+]1CCN(c2cccc(Cl)c2)CC1. The van der Waals surface area contributed by atoms with Crippen LogP contribution in [0, 0.1) is 0 Å². The molecule has 34 heavy (non-hydrogen) atoms. The van der Waals surface area contributed by atoms with E-state index in [2.05, 4.69) is 11.0 Å². The number of aliphatic hydroxyl groups is 1. The third-order valence-electron chi connectivity index (χ3n) is 5.62. The summed E-state index contributed by atoms with van der Waals surface area (Å²) in [5, 5.41) is 12.8. The topological polar surface area (TPSA) is 46.4 Å². The second-order valence-corrected chi connectivity index (χ2v) is 9.87. The molecule has 2 N–H and O–H groups in total. The molecule has 3 aromatic carbocycles. The van der Waals surface area contributed by atoms with E-state index in [-0.39, 0.29) is 6.61 Å². The Hall–Kier alpha value is -1.86. The number of quaternary nitrogens is 1. The number of halogens is 4. The summed E-state index contributed by atoms with van der Waals surface area (Å²) >= 11 is 24.5. The molecule has 1 aliphatic rings. The van der Waals surface area contributed by atoms with Gasteiger partial charge in [0.2, 0.25) is 0 Å². The molecular weight excluding hydrogens is 518 g/mol. The zero-order valence-corrected chi connectivity index (χ0v) is 21.3. The van der Waals surface area contributed by atoms with Crippen LogP contribution in [0.15, 0.2) is 60.7 Å². The van der Waals surface area contributed by atoms with Crippen molar-refractivity contribution in [2.75, 3.05) is 44.2 Å². The summed E-state index contributed by atoms with van der Waals surface area (Å²) < 4.78 is 11.8. The Morgan fingerprint density at radius 1 is 0.824 bits per heavy atom. The molecule has 4 rings (SSSR count). The molecule has 1 heterocycles. The Balaban J connectivity index is 1.31. The molecule has 0 aromatic heterocycles. The van der Waals surface area contributed by atoms with E-state index in [1.165, 1.54) is 4.90 Å². The van der Waals surface area contributed by atoms with E-state index in [0.29, 0.717) is 38.9 Å². The maximum Gasteiger partial charge on any atom is 0.169 e. The molecule has 0 saturated carbocycles. The number of ether oxygens (including phenoxy) is 2. The predicted octanol–water partition coefficient (Wildman–Crippen LogP) is 5.24. The van der Waals surface area contributed by atoms with Crippen LogP contribution in [-0.4, -0.2) is 50.5 Å². The lowest BCUT2D eigenvalue weighted by Crippen LogP contribution is -3.16. The fraction of sp³-hybridized carbons (Fsp3) is 0.280. The summed E-state index contributed by atoms with van der Waals surface area (Å²) in [6.07, 6.45) is -0.640. The quantitative estimate of drug-likeness (QED) is 0.409. The van der Waals surface area contributed by atoms with Crippen LogP contribution in [-0.2, 0) is 0 Å². The van der Waals surface area contributed by atoms with Crippen molar-refractivity contribution in [2.45, 2.75) is 6.10 Å². The Bertz CT molecular complexity index is 1120. The minimum atomic E-state index is -0.640. The number of nitrogens with one attached hydrogen (secondary N) is 1. The van der Waals surface area contributed by atoms with E-state index < -0.39 is 6.10 Å². The normalized spacial score (nSPS) is 15.3. The summed E-state index contributed by atoms with van der Waals surface area (Å²) in [6, 6.07) is 17.9. The fourth-order valence-electron chi connectivity index (χ4n) is 3.89. The van der Waals surface area contributed by atoms with Gasteiger partial charge in [0.15, 0.2) is 11.5 Å². The van der Waals surface area contributed by atoms with Crippen LogP contribution >= 0.6 is 46.4 Å². The van der Waals surface area contributed by atoms with E-state index in [9.17, 15) is 5.11 Å². The molecule has 0 unspecified atom stereocenters. The first-order valence-electron chi connectivity index (χ1n) is 10.9. The van der Waals surface area contributed by atoms with Crippen LogP contribution in [0.3, 0.4) is 0 Å². The van der Waals surface area contributed by atoms with Crippen molar-refractivity contribution in [2.24, 2.45) is 0 Å². The monoisotopic (exact) mass is 541 g/mol. The van der Waals surface area contributed by atoms with Crippen molar-refractivity contribution in [1.29, 1.82) is 0 Å². The zero-order valence-electron chi connectivity index (χ0n) is 18.3. The lowest BCUT2D eigenvalue weighted by Gasteiger charge is -2.34. The van der Waals surface area contributed by atoms with Crippen molar-refractivity contribution in [3.8, 4) is 17.2 Å². The fourth-order valence-corrected chi connectivity index (χ4v) is 4.69. The highest BCUT2D eigenvalue weighted by Gasteiger charge is 2.23. The van der Waals surface area contributed by atoms with Crippen molar-refractivity contribution < 1.29 is 19.5 Å². The lowest BCUT2D eigenvalue weighted by molar-refractivity contribution is -0.903. The molecule has 0 amide bonds. The van der Waals surface area contributed by atoms with Crippen LogP contribution < -0.4 is 19.3 Å². The summed E-state index contributed by atoms with van der Waals surface area (Å²) in [4.78, 5) is 3.64. The van der Waals surface area contributed by atoms with E-state index >= 15 is 0 Å². The Morgan fingerprint density at radius 2 is 1.50 bits per heavy atom. The van der Waals surface area contributed by atoms with Gasteiger partial charge in [-0.3, -0.25) is 0 Å². The molecule has 1 fully saturated rings. The van der Waals surface area contributed by atoms with Crippen LogP contribution in [0.4, 0.5) is 5.69 Å². The smallest absolute Gasteiger partial charge is 0.169 e. The van der Waals surface area contributed by atoms with Gasteiger partial charge in [0, 0.05) is 26.8 Å². The van der Waals surface area contributed by atoms with E-state index in [1.807, 2.05) is 18.2 Å². The summed E-state index contributed by atoms with van der Waals surface area (Å²) in [6.45, 7) is 4.35. The predicted molar refractivity (Wildman–Crippen MR) is 139 cm³/mol. The number of anilines is 1. The van der Waals surface area contributed by atoms with Crippen LogP contribution in [0.5, 0.6) is 17.2 Å². The van der Waals surface area contributed by atoms with Gasteiger partial charge in [0.05, 0.1) is 31.2 Å². The van der Waals surface area contributed by atoms with Gasteiger partial charge in [-0.2, -0.15) is 0 Å². The number of rotatable bonds is 8. The molecule has 0 radical (unpaired) electrons. The van der Waals surface area contributed by atoms with Crippen LogP contribution in [0.25, 0.3) is 0 Å². The van der Waals surface area contributed by atoms with Crippen molar-refractivity contribution in [1.82, 2.24) is 0 Å². The highest BCUT2D eigenvalue weighted by molar-refractivity contribution is 6.35. The highest BCUT2D eigenvalue weighted by Crippen LogP contribution is 2.37. The van der Waals surface area contributed by atoms with Gasteiger partial charge >= 0.3 is 0 Å². The van der Waals surface area contributed by atoms with Crippen molar-refractivity contribution in [3.05, 3.63) is 80.8 Å². The first kappa shape index (κ1) is 25.2. The van der Waals surface area contributed by atoms with Gasteiger partial charge in [0.1, 0.15) is 25.0 Å². The molecule has 1 atom stereocenters. The largest absolute Gasteiger partial charge is 0.487 e. The molecule has 1 aliphatic heterocycles. The molecule has 180 valence electrons. The number of hydrogen-bond acceptors (Lipinski definition) is 4. The summed E-state index contributed by atoms with van der Waals surface area (Å²) in [7, 11) is 0. The molecule has 0 spiro atoms. The van der Waals surface area contributed by atoms with E-state index in [0.717, 1.165) is 36.9 Å². The molecule has 5 nitrogen and oxygen atoms in total. The lowest BCUT2D eigenvalue weighted by atomic mass is 10.2. The van der Waals surface area contributed by atoms with Gasteiger partial charge in [-0.25, -0.2) is 0 Å². The molecule has 3 aromatic rings. The Morgan fingerprint density at radius 3 is 2.21 bits per heavy atom. The second-order valence-electron chi connectivity index (χ2n) is 8.15. The Kier molecular flexibility index (Phi) is 8.70. The third kappa shape index (κ3) is 6.85. The number of benzene rings is 3. The highest BCUT2D eigenvalue weighted by atomic mass is 35.5. The van der Waals surface area contributed by atoms with E-state index in [1.54, 1.807) is 36.4 Å². The number of hydrogen-bond donors (Lipinski definition) is 2. The number of piperazine rings is 1. The van der Waals surface area contributed by atoms with Crippen molar-refractivity contribution >= 4 is 52.1 Å². The van der Waals surface area contributed by atoms with Crippen LogP contribution in [0.1, 0.15) is 0 Å². The molecule has 0 aliphatic carbocycles. The first-order chi connectivity index (χ1) is 16.4. The maximum absolute atomic E-state index is 10.6. The molecule has 9 heteroatoms. The zero-order chi connectivity index (χ0) is 24.1. The summed E-state index contributed by atoms with van der Waals surface area (Å²) in [5.41, 5.74) is 1.13. The number of nitrogens with zero attached hydrogens (tertiary/aromatic N) is 1. The van der Waals surface area contributed by atoms with E-state index in [4.69, 9.17) is 55.9 Å². The number of aliphatic hydroxyl groups excluding tert-OH is 1. The minimum absolute atomic E-state index is 0.118. The minimum Gasteiger partial charge on any atom is -0.487 e. The molecular formula is C25H25Cl4N2O3+. The maximum atomic E-state index is 10.6. The van der Waals surface area contributed by atoms with Gasteiger partial charge in [0.25, 0.3) is 0 Å². The first-order valence-corrected chi connectivity index (χ1v) is 12.5. The van der Waals surface area contributed by atoms with Gasteiger partial charge < -0.3 is 24.4 Å². The average Bonchev–Trinajstić information content (AvgIpc) is 2.81. The summed E-state index contributed by atoms with van der Waals surface area (Å²) in [5.74, 6) is 1.32. The Labute approximate surface area is 219 Å². The standard InChI is InChI=1S/C25H24Cl4N2O3/c26-17-2-1-3-20(12-17)31-10-8-30(9-11-31)15-21(32)16-33-25-14-19(28)5-7-24(25)34-23-6-4-18(27)13-22(23)29/h1-7,12-14,21,32H,8-11,15-16H2/p+1/t21-/m1/s1. The van der Waals surface area contributed by atoms with Gasteiger partial charge in [-0.1, -0.05) is 52.5 Å². The second kappa shape index (κ2) is 11.7. The average molecular weight is 543 g/mol. The van der Waals surface area contributed by atoms with Gasteiger partial charge in [-0.05, 0) is 48.5 Å². The van der Waals surface area contributed by atoms with Crippen molar-refractivity contribution in [3.63, 3.8) is 0 Å². The molecule has 1 saturated heterocycles. The van der Waals surface area contributed by atoms with Crippen LogP contribution in [0.2, 0.25) is 20.1 Å².